The molecule has 2 heteroatoms. The summed E-state index contributed by atoms with van der Waals surface area (Å²) >= 11 is 0. The van der Waals surface area contributed by atoms with Gasteiger partial charge in [-0.25, -0.2) is 0 Å². The number of nitrogens with one attached hydrogen (secondary N) is 1. The number of hydrogen-bond acceptors (Lipinski definition) is 2. The number of hydrogen-bond donors (Lipinski definition) is 1. The summed E-state index contributed by atoms with van der Waals surface area (Å²) in [6, 6.07) is 8.42. The third-order valence-corrected chi connectivity index (χ3v) is 3.51. The molecule has 1 aliphatic rings. The van der Waals surface area contributed by atoms with Crippen LogP contribution in [0, 0.1) is 12.8 Å². The average molecular weight is 233 g/mol. The van der Waals surface area contributed by atoms with Gasteiger partial charge >= 0.3 is 0 Å². The van der Waals surface area contributed by atoms with E-state index in [2.05, 4.69) is 36.5 Å². The molecule has 0 heterocycles. The maximum absolute atomic E-state index is 5.70. The molecule has 94 valence electrons. The molecule has 1 saturated carbocycles. The van der Waals surface area contributed by atoms with Gasteiger partial charge in [0.1, 0.15) is 6.73 Å². The highest BCUT2D eigenvalue weighted by atomic mass is 16.5. The minimum Gasteiger partial charge on any atom is -0.363 e. The van der Waals surface area contributed by atoms with Crippen molar-refractivity contribution in [3.05, 3.63) is 29.8 Å². The van der Waals surface area contributed by atoms with Crippen molar-refractivity contribution in [3.63, 3.8) is 0 Å². The molecule has 2 nitrogen and oxygen atoms in total. The van der Waals surface area contributed by atoms with Gasteiger partial charge in [-0.2, -0.15) is 0 Å². The van der Waals surface area contributed by atoms with Crippen LogP contribution in [0.1, 0.15) is 37.7 Å². The van der Waals surface area contributed by atoms with Gasteiger partial charge in [0.2, 0.25) is 0 Å². The SMILES string of the molecule is Cc1ccc(NCOCC2CCCCC2)cc1. The van der Waals surface area contributed by atoms with E-state index in [1.54, 1.807) is 0 Å². The Kier molecular flexibility index (Phi) is 4.87. The van der Waals surface area contributed by atoms with Crippen LogP contribution in [0.4, 0.5) is 5.69 Å². The molecule has 1 N–H and O–H groups in total. The molecule has 0 amide bonds. The Morgan fingerprint density at radius 1 is 1.12 bits per heavy atom. The average Bonchev–Trinajstić information content (AvgIpc) is 2.38. The zero-order valence-corrected chi connectivity index (χ0v) is 10.7. The molecule has 0 bridgehead atoms. The van der Waals surface area contributed by atoms with Crippen molar-refractivity contribution in [2.75, 3.05) is 18.7 Å². The van der Waals surface area contributed by atoms with Crippen molar-refractivity contribution in [1.29, 1.82) is 0 Å². The van der Waals surface area contributed by atoms with E-state index in [4.69, 9.17) is 4.74 Å². The van der Waals surface area contributed by atoms with E-state index >= 15 is 0 Å². The van der Waals surface area contributed by atoms with Gasteiger partial charge in [0.25, 0.3) is 0 Å². The molecule has 0 saturated heterocycles. The number of ether oxygens (including phenoxy) is 1. The van der Waals surface area contributed by atoms with Crippen LogP contribution in [0.25, 0.3) is 0 Å². The van der Waals surface area contributed by atoms with Crippen molar-refractivity contribution >= 4 is 5.69 Å². The number of aryl methyl sites for hydroxylation is 1. The summed E-state index contributed by atoms with van der Waals surface area (Å²) in [7, 11) is 0. The first-order valence-electron chi connectivity index (χ1n) is 6.73. The van der Waals surface area contributed by atoms with Crippen LogP contribution < -0.4 is 5.32 Å². The zero-order valence-electron chi connectivity index (χ0n) is 10.7. The van der Waals surface area contributed by atoms with Crippen LogP contribution in [-0.2, 0) is 4.74 Å². The molecule has 1 aliphatic carbocycles. The summed E-state index contributed by atoms with van der Waals surface area (Å²) in [6.45, 7) is 3.64. The van der Waals surface area contributed by atoms with Gasteiger partial charge < -0.3 is 10.1 Å². The lowest BCUT2D eigenvalue weighted by Gasteiger charge is -2.21. The fourth-order valence-electron chi connectivity index (χ4n) is 2.39. The van der Waals surface area contributed by atoms with Crippen molar-refractivity contribution in [2.45, 2.75) is 39.0 Å². The quantitative estimate of drug-likeness (QED) is 0.614. The Morgan fingerprint density at radius 3 is 2.53 bits per heavy atom. The van der Waals surface area contributed by atoms with Crippen LogP contribution in [-0.4, -0.2) is 13.3 Å². The first-order chi connectivity index (χ1) is 8.34. The van der Waals surface area contributed by atoms with Gasteiger partial charge in [-0.1, -0.05) is 37.0 Å². The lowest BCUT2D eigenvalue weighted by atomic mass is 9.90. The molecule has 2 rings (SSSR count). The lowest BCUT2D eigenvalue weighted by Crippen LogP contribution is -2.16. The summed E-state index contributed by atoms with van der Waals surface area (Å²) in [4.78, 5) is 0. The van der Waals surface area contributed by atoms with Gasteiger partial charge in [0, 0.05) is 5.69 Å². The fourth-order valence-corrected chi connectivity index (χ4v) is 2.39. The topological polar surface area (TPSA) is 21.3 Å². The number of anilines is 1. The first-order valence-corrected chi connectivity index (χ1v) is 6.73. The third-order valence-electron chi connectivity index (χ3n) is 3.51. The summed E-state index contributed by atoms with van der Waals surface area (Å²) in [6.07, 6.45) is 6.89. The first kappa shape index (κ1) is 12.4. The molecule has 1 aromatic rings. The van der Waals surface area contributed by atoms with Crippen LogP contribution in [0.15, 0.2) is 24.3 Å². The van der Waals surface area contributed by atoms with Gasteiger partial charge in [-0.05, 0) is 37.8 Å². The van der Waals surface area contributed by atoms with E-state index in [9.17, 15) is 0 Å². The van der Waals surface area contributed by atoms with Gasteiger partial charge in [0.15, 0.2) is 0 Å². The van der Waals surface area contributed by atoms with E-state index in [0.717, 1.165) is 18.2 Å². The molecule has 0 spiro atoms. The molecular formula is C15H23NO. The lowest BCUT2D eigenvalue weighted by molar-refractivity contribution is 0.0983. The smallest absolute Gasteiger partial charge is 0.116 e. The maximum Gasteiger partial charge on any atom is 0.116 e. The predicted molar refractivity (Wildman–Crippen MR) is 72.2 cm³/mol. The van der Waals surface area contributed by atoms with Crippen molar-refractivity contribution in [3.8, 4) is 0 Å². The molecule has 0 aromatic heterocycles. The monoisotopic (exact) mass is 233 g/mol. The number of rotatable bonds is 5. The molecule has 1 aromatic carbocycles. The molecular weight excluding hydrogens is 210 g/mol. The largest absolute Gasteiger partial charge is 0.363 e. The number of benzene rings is 1. The molecule has 17 heavy (non-hydrogen) atoms. The second-order valence-corrected chi connectivity index (χ2v) is 5.06. The van der Waals surface area contributed by atoms with Crippen molar-refractivity contribution in [2.24, 2.45) is 5.92 Å². The standard InChI is InChI=1S/C15H23NO/c1-13-7-9-15(10-8-13)16-12-17-11-14-5-3-2-4-6-14/h7-10,14,16H,2-6,11-12H2,1H3. The van der Waals surface area contributed by atoms with Gasteiger partial charge in [-0.3, -0.25) is 0 Å². The van der Waals surface area contributed by atoms with E-state index in [0.29, 0.717) is 6.73 Å². The Hall–Kier alpha value is -1.02. The Balaban J connectivity index is 1.60. The highest BCUT2D eigenvalue weighted by Gasteiger charge is 2.12. The highest BCUT2D eigenvalue weighted by Crippen LogP contribution is 2.23. The fraction of sp³-hybridized carbons (Fsp3) is 0.600. The van der Waals surface area contributed by atoms with Gasteiger partial charge in [-0.15, -0.1) is 0 Å². The van der Waals surface area contributed by atoms with Crippen LogP contribution in [0.5, 0.6) is 0 Å². The molecule has 0 aliphatic heterocycles. The second-order valence-electron chi connectivity index (χ2n) is 5.06. The van der Waals surface area contributed by atoms with E-state index < -0.39 is 0 Å². The van der Waals surface area contributed by atoms with E-state index in [1.165, 1.54) is 37.7 Å². The highest BCUT2D eigenvalue weighted by molar-refractivity contribution is 5.43. The molecule has 0 radical (unpaired) electrons. The van der Waals surface area contributed by atoms with E-state index in [-0.39, 0.29) is 0 Å². The predicted octanol–water partition coefficient (Wildman–Crippen LogP) is 3.96. The van der Waals surface area contributed by atoms with Crippen LogP contribution in [0.3, 0.4) is 0 Å². The summed E-state index contributed by atoms with van der Waals surface area (Å²) < 4.78 is 5.70. The summed E-state index contributed by atoms with van der Waals surface area (Å²) in [5.74, 6) is 0.795. The Labute approximate surface area is 104 Å². The van der Waals surface area contributed by atoms with E-state index in [1.807, 2.05) is 0 Å². The van der Waals surface area contributed by atoms with Crippen LogP contribution in [0.2, 0.25) is 0 Å². The Morgan fingerprint density at radius 2 is 1.82 bits per heavy atom. The van der Waals surface area contributed by atoms with Crippen LogP contribution >= 0.6 is 0 Å². The molecule has 0 unspecified atom stereocenters. The van der Waals surface area contributed by atoms with Gasteiger partial charge in [0.05, 0.1) is 6.61 Å². The maximum atomic E-state index is 5.70. The summed E-state index contributed by atoms with van der Waals surface area (Å²) in [5.41, 5.74) is 2.43. The normalized spacial score (nSPS) is 17.0. The molecule has 1 fully saturated rings. The third kappa shape index (κ3) is 4.39. The summed E-state index contributed by atoms with van der Waals surface area (Å²) in [5, 5.41) is 3.29. The van der Waals surface area contributed by atoms with Crippen molar-refractivity contribution in [1.82, 2.24) is 0 Å². The molecule has 0 atom stereocenters. The van der Waals surface area contributed by atoms with Crippen molar-refractivity contribution < 1.29 is 4.74 Å². The minimum atomic E-state index is 0.625. The Bertz CT molecular complexity index is 314. The second kappa shape index (κ2) is 6.65. The minimum absolute atomic E-state index is 0.625. The zero-order chi connectivity index (χ0) is 11.9.